The summed E-state index contributed by atoms with van der Waals surface area (Å²) in [6.45, 7) is -4.73. The van der Waals surface area contributed by atoms with Gasteiger partial charge in [0.2, 0.25) is 5.91 Å². The SMILES string of the molecule is CC(=O)N[C@H]1[C@H](O[C@H]2[C@@H](O)[C@@H](CO)O[C@@H](O[C@@H]([C@H](O)[C@@H](O)CNCCOP(=O)(O)OCC(O)CO)[C@H](O)CO)[C@@H]2O)O[C@H](CO)[C@@H](O[C@@H]2O[C@H](CO)[C@H](O)[C@H](O)[C@H]2O)[C@@H]1O[C@@H]1O[C@@H](C)[C@@H](O)[C@@H](O)[C@@H]1O. The fraction of sp³-hybridized carbons (Fsp3) is 0.973. The first-order chi connectivity index (χ1) is 32.9. The average molecular weight is 1050 g/mol. The van der Waals surface area contributed by atoms with Crippen molar-refractivity contribution in [2.75, 3.05) is 59.3 Å². The minimum absolute atomic E-state index is 0.279. The number of carbonyl (C=O) groups is 1. The van der Waals surface area contributed by atoms with Crippen LogP contribution in [-0.4, -0.2) is 310 Å². The number of ether oxygens (including phenoxy) is 8. The molecule has 0 aliphatic carbocycles. The van der Waals surface area contributed by atoms with Gasteiger partial charge in [0.15, 0.2) is 25.2 Å². The molecule has 4 saturated heterocycles. The highest BCUT2D eigenvalue weighted by Crippen LogP contribution is 2.43. The molecule has 20 N–H and O–H groups in total. The summed E-state index contributed by atoms with van der Waals surface area (Å²) >= 11 is 0. The number of phosphoric acid groups is 1. The number of carbonyl (C=O) groups excluding carboxylic acids is 1. The fourth-order valence-electron chi connectivity index (χ4n) is 7.73. The second-order valence-corrected chi connectivity index (χ2v) is 18.3. The number of aliphatic hydroxyl groups excluding tert-OH is 17. The predicted molar refractivity (Wildman–Crippen MR) is 220 cm³/mol. The minimum atomic E-state index is -4.69. The Kier molecular flexibility index (Phi) is 24.3. The summed E-state index contributed by atoms with van der Waals surface area (Å²) in [4.78, 5) is 22.6. The van der Waals surface area contributed by atoms with Crippen LogP contribution in [0.25, 0.3) is 0 Å². The molecule has 32 nitrogen and oxygen atoms in total. The zero-order valence-electron chi connectivity index (χ0n) is 37.7. The lowest BCUT2D eigenvalue weighted by atomic mass is 9.93. The monoisotopic (exact) mass is 1050 g/mol. The van der Waals surface area contributed by atoms with Crippen LogP contribution in [-0.2, 0) is 56.3 Å². The highest BCUT2D eigenvalue weighted by molar-refractivity contribution is 7.47. The van der Waals surface area contributed by atoms with Gasteiger partial charge in [-0.15, -0.1) is 0 Å². The molecule has 1 amide bonds. The van der Waals surface area contributed by atoms with Crippen LogP contribution in [0.2, 0.25) is 0 Å². The van der Waals surface area contributed by atoms with Crippen molar-refractivity contribution in [3.8, 4) is 0 Å². The molecule has 26 atom stereocenters. The van der Waals surface area contributed by atoms with Crippen molar-refractivity contribution in [2.24, 2.45) is 0 Å². The van der Waals surface area contributed by atoms with Crippen LogP contribution in [0.4, 0.5) is 0 Å². The molecule has 0 aromatic carbocycles. The summed E-state index contributed by atoms with van der Waals surface area (Å²) in [6.07, 6.45) is -45.6. The molecule has 2 unspecified atom stereocenters. The first kappa shape index (κ1) is 61.1. The van der Waals surface area contributed by atoms with Crippen LogP contribution < -0.4 is 10.6 Å². The van der Waals surface area contributed by atoms with E-state index in [4.69, 9.17) is 47.5 Å². The van der Waals surface area contributed by atoms with Crippen molar-refractivity contribution < 1.29 is 148 Å². The van der Waals surface area contributed by atoms with Crippen molar-refractivity contribution in [3.63, 3.8) is 0 Å². The number of rotatable bonds is 26. The summed E-state index contributed by atoms with van der Waals surface area (Å²) in [6, 6.07) is -1.81. The third-order valence-corrected chi connectivity index (χ3v) is 12.6. The molecule has 4 fully saturated rings. The molecule has 4 heterocycles. The van der Waals surface area contributed by atoms with E-state index in [1.807, 2.05) is 0 Å². The van der Waals surface area contributed by atoms with E-state index < -0.39 is 220 Å². The molecule has 0 aromatic heterocycles. The maximum Gasteiger partial charge on any atom is 0.472 e. The van der Waals surface area contributed by atoms with Gasteiger partial charge in [-0.25, -0.2) is 4.57 Å². The van der Waals surface area contributed by atoms with E-state index in [-0.39, 0.29) is 6.54 Å². The lowest BCUT2D eigenvalue weighted by Gasteiger charge is -2.51. The second-order valence-electron chi connectivity index (χ2n) is 16.9. The van der Waals surface area contributed by atoms with Crippen molar-refractivity contribution in [1.82, 2.24) is 10.6 Å². The molecule has 0 saturated carbocycles. The number of hydrogen-bond acceptors (Lipinski definition) is 30. The number of amides is 1. The maximum atomic E-state index is 12.9. The van der Waals surface area contributed by atoms with Gasteiger partial charge in [-0.2, -0.15) is 0 Å². The Morgan fingerprint density at radius 1 is 0.614 bits per heavy atom. The van der Waals surface area contributed by atoms with Crippen molar-refractivity contribution in [2.45, 2.75) is 167 Å². The molecule has 70 heavy (non-hydrogen) atoms. The van der Waals surface area contributed by atoms with Gasteiger partial charge in [0.05, 0.1) is 58.5 Å². The average Bonchev–Trinajstić information content (AvgIpc) is 3.33. The predicted octanol–water partition coefficient (Wildman–Crippen LogP) is -12.0. The molecule has 0 bridgehead atoms. The second kappa shape index (κ2) is 27.9. The van der Waals surface area contributed by atoms with E-state index in [0.29, 0.717) is 0 Å². The van der Waals surface area contributed by atoms with Crippen molar-refractivity contribution in [1.29, 1.82) is 0 Å². The zero-order valence-corrected chi connectivity index (χ0v) is 38.6. The summed E-state index contributed by atoms with van der Waals surface area (Å²) in [5, 5.41) is 183. The highest BCUT2D eigenvalue weighted by Gasteiger charge is 2.57. The van der Waals surface area contributed by atoms with Gasteiger partial charge in [0.1, 0.15) is 116 Å². The molecule has 33 heteroatoms. The van der Waals surface area contributed by atoms with E-state index in [1.54, 1.807) is 0 Å². The minimum Gasteiger partial charge on any atom is -0.394 e. The first-order valence-corrected chi connectivity index (χ1v) is 23.5. The Bertz CT molecular complexity index is 1600. The van der Waals surface area contributed by atoms with Crippen LogP contribution in [0.1, 0.15) is 13.8 Å². The van der Waals surface area contributed by atoms with E-state index in [0.717, 1.165) is 6.92 Å². The number of aliphatic hydroxyl groups is 17. The molecule has 412 valence electrons. The van der Waals surface area contributed by atoms with Crippen LogP contribution in [0.15, 0.2) is 0 Å². The van der Waals surface area contributed by atoms with Gasteiger partial charge >= 0.3 is 7.82 Å². The Balaban J connectivity index is 1.61. The quantitative estimate of drug-likeness (QED) is 0.0282. The summed E-state index contributed by atoms with van der Waals surface area (Å²) in [7, 11) is -4.69. The standard InChI is InChI=1S/C37H69N2O30P/c1-12-21(49)25(53)27(55)35(62-12)68-32-20(39-13(2)45)34(65-19(10-44)31(32)67-36-28(56)26(54)23(51)17(8-42)63-36)69-33-24(52)18(9-43)64-37(29(33)57)66-30(16(48)7-41)22(50)15(47)5-38-3-4-60-70(58,59)61-11-14(46)6-40/h12,14-38,40-44,46-57H,3-11H2,1-2H3,(H,39,45)(H,58,59)/t12-,14?,15-,16+,17+,18+,19+,20+,21+,22+,23-,24-,25+,26-,27-,28+,29+,30+,31+,32+,33-,34-,35-,36-,37-/m0/s1. The van der Waals surface area contributed by atoms with Gasteiger partial charge in [0, 0.05) is 20.0 Å². The normalized spacial score (nSPS) is 41.5. The first-order valence-electron chi connectivity index (χ1n) is 22.0. The third kappa shape index (κ3) is 15.6. The smallest absolute Gasteiger partial charge is 0.394 e. The summed E-state index contributed by atoms with van der Waals surface area (Å²) in [5.41, 5.74) is 0. The highest BCUT2D eigenvalue weighted by atomic mass is 31.2. The molecular formula is C37H69N2O30P. The number of phosphoric ester groups is 1. The van der Waals surface area contributed by atoms with Gasteiger partial charge in [-0.05, 0) is 6.92 Å². The molecule has 4 rings (SSSR count). The Morgan fingerprint density at radius 3 is 1.74 bits per heavy atom. The Hall–Kier alpha value is -1.46. The third-order valence-electron chi connectivity index (χ3n) is 11.7. The topological polar surface area (TPSA) is 515 Å². The zero-order chi connectivity index (χ0) is 52.4. The summed E-state index contributed by atoms with van der Waals surface area (Å²) < 4.78 is 67.5. The van der Waals surface area contributed by atoms with Gasteiger partial charge in [0.25, 0.3) is 0 Å². The van der Waals surface area contributed by atoms with Crippen LogP contribution >= 0.6 is 7.82 Å². The summed E-state index contributed by atoms with van der Waals surface area (Å²) in [5.74, 6) is -0.880. The van der Waals surface area contributed by atoms with E-state index in [1.165, 1.54) is 6.92 Å². The van der Waals surface area contributed by atoms with Crippen LogP contribution in [0, 0.1) is 0 Å². The van der Waals surface area contributed by atoms with Gasteiger partial charge in [-0.1, -0.05) is 0 Å². The van der Waals surface area contributed by atoms with Gasteiger partial charge in [-0.3, -0.25) is 13.8 Å². The van der Waals surface area contributed by atoms with E-state index in [9.17, 15) is 96.0 Å². The molecule has 0 aromatic rings. The van der Waals surface area contributed by atoms with E-state index in [2.05, 4.69) is 15.2 Å². The molecular weight excluding hydrogens is 983 g/mol. The van der Waals surface area contributed by atoms with Crippen LogP contribution in [0.3, 0.4) is 0 Å². The Morgan fingerprint density at radius 2 is 1.16 bits per heavy atom. The van der Waals surface area contributed by atoms with Crippen molar-refractivity contribution in [3.05, 3.63) is 0 Å². The van der Waals surface area contributed by atoms with Gasteiger partial charge < -0.3 is 140 Å². The lowest BCUT2D eigenvalue weighted by molar-refractivity contribution is -0.388. The Labute approximate surface area is 398 Å². The maximum absolute atomic E-state index is 12.9. The number of hydrogen-bond donors (Lipinski definition) is 20. The fourth-order valence-corrected chi connectivity index (χ4v) is 8.48. The lowest BCUT2D eigenvalue weighted by Crippen LogP contribution is -2.71. The van der Waals surface area contributed by atoms with Crippen molar-refractivity contribution >= 4 is 13.7 Å². The number of nitrogens with one attached hydrogen (secondary N) is 2. The van der Waals surface area contributed by atoms with Crippen LogP contribution in [0.5, 0.6) is 0 Å². The molecule has 4 aliphatic heterocycles. The largest absolute Gasteiger partial charge is 0.472 e. The van der Waals surface area contributed by atoms with E-state index >= 15 is 0 Å². The molecule has 0 spiro atoms. The molecule has 0 radical (unpaired) electrons. The molecule has 4 aliphatic rings.